The maximum absolute atomic E-state index is 5.31. The third-order valence-electron chi connectivity index (χ3n) is 3.21. The molecular formula is C16H29IN4O. The van der Waals surface area contributed by atoms with E-state index < -0.39 is 0 Å². The van der Waals surface area contributed by atoms with E-state index in [9.17, 15) is 0 Å². The second kappa shape index (κ2) is 10.7. The molecule has 1 aromatic rings. The van der Waals surface area contributed by atoms with Crippen molar-refractivity contribution < 1.29 is 4.74 Å². The van der Waals surface area contributed by atoms with Crippen LogP contribution in [0.4, 0.5) is 0 Å². The van der Waals surface area contributed by atoms with Crippen molar-refractivity contribution in [3.63, 3.8) is 0 Å². The maximum Gasteiger partial charge on any atom is 0.191 e. The van der Waals surface area contributed by atoms with Crippen molar-refractivity contribution in [2.45, 2.75) is 25.9 Å². The van der Waals surface area contributed by atoms with E-state index >= 15 is 0 Å². The number of nitrogens with zero attached hydrogens (tertiary/aromatic N) is 2. The molecule has 22 heavy (non-hydrogen) atoms. The first kappa shape index (κ1) is 21.0. The van der Waals surface area contributed by atoms with Gasteiger partial charge in [0.2, 0.25) is 0 Å². The Hall–Kier alpha value is -1.02. The lowest BCUT2D eigenvalue weighted by molar-refractivity contribution is 0.297. The van der Waals surface area contributed by atoms with Gasteiger partial charge in [-0.1, -0.05) is 12.1 Å². The van der Waals surface area contributed by atoms with Crippen molar-refractivity contribution in [2.75, 3.05) is 34.8 Å². The van der Waals surface area contributed by atoms with Gasteiger partial charge in [-0.05, 0) is 45.6 Å². The van der Waals surface area contributed by atoms with Crippen molar-refractivity contribution in [1.29, 1.82) is 0 Å². The van der Waals surface area contributed by atoms with Crippen LogP contribution in [0.25, 0.3) is 0 Å². The molecule has 1 rings (SSSR count). The van der Waals surface area contributed by atoms with Gasteiger partial charge in [0, 0.05) is 19.6 Å². The lowest BCUT2D eigenvalue weighted by Crippen LogP contribution is -2.44. The molecule has 1 unspecified atom stereocenters. The molecule has 0 heterocycles. The van der Waals surface area contributed by atoms with Crippen LogP contribution >= 0.6 is 24.0 Å². The molecule has 0 aliphatic rings. The fourth-order valence-electron chi connectivity index (χ4n) is 2.11. The Morgan fingerprint density at radius 1 is 1.32 bits per heavy atom. The van der Waals surface area contributed by atoms with E-state index in [1.807, 2.05) is 12.1 Å². The van der Waals surface area contributed by atoms with Crippen LogP contribution in [0.15, 0.2) is 29.3 Å². The van der Waals surface area contributed by atoms with Gasteiger partial charge >= 0.3 is 0 Å². The van der Waals surface area contributed by atoms with Crippen LogP contribution < -0.4 is 15.4 Å². The van der Waals surface area contributed by atoms with Gasteiger partial charge in [0.15, 0.2) is 5.96 Å². The van der Waals surface area contributed by atoms with Crippen LogP contribution in [0.2, 0.25) is 0 Å². The van der Waals surface area contributed by atoms with Crippen molar-refractivity contribution in [3.05, 3.63) is 29.8 Å². The number of hydrogen-bond acceptors (Lipinski definition) is 3. The summed E-state index contributed by atoms with van der Waals surface area (Å²) in [5, 5.41) is 6.67. The van der Waals surface area contributed by atoms with Crippen LogP contribution in [0.3, 0.4) is 0 Å². The summed E-state index contributed by atoms with van der Waals surface area (Å²) < 4.78 is 5.31. The highest BCUT2D eigenvalue weighted by atomic mass is 127. The normalized spacial score (nSPS) is 12.8. The monoisotopic (exact) mass is 420 g/mol. The molecule has 0 saturated carbocycles. The summed E-state index contributed by atoms with van der Waals surface area (Å²) in [5.41, 5.74) is 1.21. The molecule has 0 spiro atoms. The van der Waals surface area contributed by atoms with E-state index in [0.717, 1.165) is 18.3 Å². The molecular weight excluding hydrogens is 391 g/mol. The van der Waals surface area contributed by atoms with E-state index in [4.69, 9.17) is 4.74 Å². The number of aliphatic imine (C=N–C) groups is 1. The predicted octanol–water partition coefficient (Wildman–Crippen LogP) is 2.49. The molecule has 6 heteroatoms. The number of guanidine groups is 1. The van der Waals surface area contributed by atoms with Gasteiger partial charge in [-0.25, -0.2) is 0 Å². The van der Waals surface area contributed by atoms with E-state index in [-0.39, 0.29) is 30.0 Å². The zero-order valence-electron chi connectivity index (χ0n) is 14.4. The lowest BCUT2D eigenvalue weighted by atomic mass is 10.1. The molecule has 0 aromatic heterocycles. The SMILES string of the molecule is CN=C(NCC(c1cccc(OC)c1)N(C)C)NC(C)C.I. The number of methoxy groups -OCH3 is 1. The average Bonchev–Trinajstić information content (AvgIpc) is 2.45. The van der Waals surface area contributed by atoms with Gasteiger partial charge in [-0.15, -0.1) is 24.0 Å². The summed E-state index contributed by atoms with van der Waals surface area (Å²) in [4.78, 5) is 6.42. The van der Waals surface area contributed by atoms with Crippen molar-refractivity contribution in [2.24, 2.45) is 4.99 Å². The van der Waals surface area contributed by atoms with Crippen LogP contribution in [-0.4, -0.2) is 51.7 Å². The molecule has 0 radical (unpaired) electrons. The Kier molecular flexibility index (Phi) is 10.2. The van der Waals surface area contributed by atoms with Gasteiger partial charge in [0.1, 0.15) is 5.75 Å². The highest BCUT2D eigenvalue weighted by Crippen LogP contribution is 2.21. The number of halogens is 1. The summed E-state index contributed by atoms with van der Waals surface area (Å²) in [5.74, 6) is 1.70. The van der Waals surface area contributed by atoms with E-state index in [1.54, 1.807) is 14.2 Å². The number of ether oxygens (including phenoxy) is 1. The Bertz CT molecular complexity index is 463. The minimum atomic E-state index is 0. The first-order valence-corrected chi connectivity index (χ1v) is 7.25. The van der Waals surface area contributed by atoms with Crippen molar-refractivity contribution in [1.82, 2.24) is 15.5 Å². The van der Waals surface area contributed by atoms with Gasteiger partial charge < -0.3 is 20.3 Å². The number of nitrogens with one attached hydrogen (secondary N) is 2. The van der Waals surface area contributed by atoms with Crippen molar-refractivity contribution >= 4 is 29.9 Å². The Morgan fingerprint density at radius 2 is 2.00 bits per heavy atom. The molecule has 2 N–H and O–H groups in total. The molecule has 0 fully saturated rings. The Morgan fingerprint density at radius 3 is 2.50 bits per heavy atom. The molecule has 1 atom stereocenters. The van der Waals surface area contributed by atoms with Gasteiger partial charge in [0.05, 0.1) is 13.2 Å². The first-order valence-electron chi connectivity index (χ1n) is 7.25. The van der Waals surface area contributed by atoms with Crippen LogP contribution in [0.5, 0.6) is 5.75 Å². The fraction of sp³-hybridized carbons (Fsp3) is 0.562. The minimum absolute atomic E-state index is 0. The van der Waals surface area contributed by atoms with Gasteiger partial charge in [-0.2, -0.15) is 0 Å². The molecule has 0 amide bonds. The maximum atomic E-state index is 5.31. The van der Waals surface area contributed by atoms with Gasteiger partial charge in [-0.3, -0.25) is 4.99 Å². The Labute approximate surface area is 151 Å². The summed E-state index contributed by atoms with van der Waals surface area (Å²) in [7, 11) is 7.62. The molecule has 126 valence electrons. The van der Waals surface area contributed by atoms with Crippen LogP contribution in [-0.2, 0) is 0 Å². The number of rotatable bonds is 6. The van der Waals surface area contributed by atoms with Crippen molar-refractivity contribution in [3.8, 4) is 5.75 Å². The second-order valence-electron chi connectivity index (χ2n) is 5.51. The average molecular weight is 420 g/mol. The first-order chi connectivity index (χ1) is 9.97. The number of hydrogen-bond donors (Lipinski definition) is 2. The smallest absolute Gasteiger partial charge is 0.191 e. The Balaban J connectivity index is 0.00000441. The third kappa shape index (κ3) is 6.83. The summed E-state index contributed by atoms with van der Waals surface area (Å²) >= 11 is 0. The van der Waals surface area contributed by atoms with E-state index in [1.165, 1.54) is 5.56 Å². The van der Waals surface area contributed by atoms with E-state index in [0.29, 0.717) is 6.04 Å². The number of benzene rings is 1. The van der Waals surface area contributed by atoms with Gasteiger partial charge in [0.25, 0.3) is 0 Å². The summed E-state index contributed by atoms with van der Waals surface area (Å²) in [6, 6.07) is 8.77. The molecule has 0 aliphatic heterocycles. The summed E-state index contributed by atoms with van der Waals surface area (Å²) in [6.45, 7) is 4.96. The fourth-order valence-corrected chi connectivity index (χ4v) is 2.11. The molecule has 0 saturated heterocycles. The van der Waals surface area contributed by atoms with Crippen LogP contribution in [0, 0.1) is 0 Å². The zero-order valence-corrected chi connectivity index (χ0v) is 16.7. The minimum Gasteiger partial charge on any atom is -0.497 e. The highest BCUT2D eigenvalue weighted by Gasteiger charge is 2.15. The predicted molar refractivity (Wildman–Crippen MR) is 104 cm³/mol. The quantitative estimate of drug-likeness (QED) is 0.422. The lowest BCUT2D eigenvalue weighted by Gasteiger charge is -2.26. The summed E-state index contributed by atoms with van der Waals surface area (Å²) in [6.07, 6.45) is 0. The van der Waals surface area contributed by atoms with E-state index in [2.05, 4.69) is 60.6 Å². The third-order valence-corrected chi connectivity index (χ3v) is 3.21. The number of likely N-dealkylation sites (N-methyl/N-ethyl adjacent to an activating group) is 1. The molecule has 0 aliphatic carbocycles. The van der Waals surface area contributed by atoms with Crippen LogP contribution in [0.1, 0.15) is 25.5 Å². The second-order valence-corrected chi connectivity index (χ2v) is 5.51. The zero-order chi connectivity index (χ0) is 15.8. The molecule has 5 nitrogen and oxygen atoms in total. The highest BCUT2D eigenvalue weighted by molar-refractivity contribution is 14.0. The molecule has 1 aromatic carbocycles. The standard InChI is InChI=1S/C16H28N4O.HI/c1-12(2)19-16(17-3)18-11-15(20(4)5)13-8-7-9-14(10-13)21-6;/h7-10,12,15H,11H2,1-6H3,(H2,17,18,19);1H. The topological polar surface area (TPSA) is 48.9 Å². The largest absolute Gasteiger partial charge is 0.497 e. The molecule has 0 bridgehead atoms.